The van der Waals surface area contributed by atoms with Gasteiger partial charge in [0.15, 0.2) is 0 Å². The zero-order valence-corrected chi connectivity index (χ0v) is 7.12. The van der Waals surface area contributed by atoms with Crippen molar-refractivity contribution in [3.63, 3.8) is 0 Å². The van der Waals surface area contributed by atoms with E-state index in [1.54, 1.807) is 0 Å². The molecule has 62 valence electrons. The molecule has 0 bridgehead atoms. The number of rotatable bonds is 3. The average Bonchev–Trinajstić information content (AvgIpc) is 2.01. The molecule has 11 heavy (non-hydrogen) atoms. The minimum absolute atomic E-state index is 0.670. The summed E-state index contributed by atoms with van der Waals surface area (Å²) in [5, 5.41) is 0. The van der Waals surface area contributed by atoms with Gasteiger partial charge in [-0.15, -0.1) is 0 Å². The summed E-state index contributed by atoms with van der Waals surface area (Å²) < 4.78 is 0. The predicted octanol–water partition coefficient (Wildman–Crippen LogP) is 2.57. The molecule has 0 radical (unpaired) electrons. The van der Waals surface area contributed by atoms with Crippen molar-refractivity contribution in [1.29, 1.82) is 0 Å². The highest BCUT2D eigenvalue weighted by molar-refractivity contribution is 5.49. The molecule has 2 atom stereocenters. The normalized spacial score (nSPS) is 30.3. The SMILES string of the molecule is C[C@H]1CC=C[C@@H](CCC=O)C1. The lowest BCUT2D eigenvalue weighted by atomic mass is 9.85. The van der Waals surface area contributed by atoms with Crippen LogP contribution in [0.25, 0.3) is 0 Å². The summed E-state index contributed by atoms with van der Waals surface area (Å²) in [7, 11) is 0. The summed E-state index contributed by atoms with van der Waals surface area (Å²) in [6.07, 6.45) is 9.80. The fourth-order valence-corrected chi connectivity index (χ4v) is 1.69. The number of aldehydes is 1. The Hall–Kier alpha value is -0.590. The van der Waals surface area contributed by atoms with Gasteiger partial charge in [-0.25, -0.2) is 0 Å². The van der Waals surface area contributed by atoms with Gasteiger partial charge in [-0.05, 0) is 31.1 Å². The molecule has 0 aliphatic heterocycles. The molecular formula is C10H16O. The molecule has 1 rings (SSSR count). The van der Waals surface area contributed by atoms with Crippen LogP contribution in [0.3, 0.4) is 0 Å². The van der Waals surface area contributed by atoms with Crippen molar-refractivity contribution in [1.82, 2.24) is 0 Å². The number of hydrogen-bond acceptors (Lipinski definition) is 1. The van der Waals surface area contributed by atoms with Crippen molar-refractivity contribution in [2.24, 2.45) is 11.8 Å². The first-order valence-electron chi connectivity index (χ1n) is 4.43. The zero-order chi connectivity index (χ0) is 8.10. The standard InChI is InChI=1S/C10H16O/c1-9-4-2-5-10(8-9)6-3-7-11/h2,5,7,9-10H,3-4,6,8H2,1H3/t9-,10-/m0/s1. The van der Waals surface area contributed by atoms with Crippen LogP contribution in [0.4, 0.5) is 0 Å². The summed E-state index contributed by atoms with van der Waals surface area (Å²) in [6.45, 7) is 2.28. The van der Waals surface area contributed by atoms with Crippen LogP contribution in [0.15, 0.2) is 12.2 Å². The number of hydrogen-bond donors (Lipinski definition) is 0. The minimum atomic E-state index is 0.670. The largest absolute Gasteiger partial charge is 0.303 e. The van der Waals surface area contributed by atoms with E-state index in [-0.39, 0.29) is 0 Å². The van der Waals surface area contributed by atoms with E-state index in [0.29, 0.717) is 5.92 Å². The molecule has 1 nitrogen and oxygen atoms in total. The van der Waals surface area contributed by atoms with Crippen LogP contribution >= 0.6 is 0 Å². The van der Waals surface area contributed by atoms with Crippen molar-refractivity contribution in [2.75, 3.05) is 0 Å². The van der Waals surface area contributed by atoms with E-state index in [9.17, 15) is 4.79 Å². The van der Waals surface area contributed by atoms with Crippen LogP contribution in [0.1, 0.15) is 32.6 Å². The van der Waals surface area contributed by atoms with Crippen molar-refractivity contribution in [2.45, 2.75) is 32.6 Å². The lowest BCUT2D eigenvalue weighted by Crippen LogP contribution is -2.08. The van der Waals surface area contributed by atoms with Gasteiger partial charge in [0.2, 0.25) is 0 Å². The van der Waals surface area contributed by atoms with Crippen LogP contribution in [0.2, 0.25) is 0 Å². The highest BCUT2D eigenvalue weighted by Gasteiger charge is 2.12. The van der Waals surface area contributed by atoms with Gasteiger partial charge in [-0.1, -0.05) is 19.1 Å². The summed E-state index contributed by atoms with van der Waals surface area (Å²) in [6, 6.07) is 0. The molecule has 1 aliphatic carbocycles. The van der Waals surface area contributed by atoms with Gasteiger partial charge in [-0.2, -0.15) is 0 Å². The maximum Gasteiger partial charge on any atom is 0.120 e. The third-order valence-electron chi connectivity index (χ3n) is 2.31. The Kier molecular flexibility index (Phi) is 3.34. The van der Waals surface area contributed by atoms with Gasteiger partial charge >= 0.3 is 0 Å². The van der Waals surface area contributed by atoms with Gasteiger partial charge in [0, 0.05) is 6.42 Å². The van der Waals surface area contributed by atoms with Crippen molar-refractivity contribution < 1.29 is 4.79 Å². The molecule has 0 N–H and O–H groups in total. The molecule has 0 amide bonds. The van der Waals surface area contributed by atoms with E-state index >= 15 is 0 Å². The lowest BCUT2D eigenvalue weighted by Gasteiger charge is -2.20. The summed E-state index contributed by atoms with van der Waals surface area (Å²) in [4.78, 5) is 10.1. The zero-order valence-electron chi connectivity index (χ0n) is 7.12. The second-order valence-electron chi connectivity index (χ2n) is 3.51. The molecule has 0 spiro atoms. The Morgan fingerprint density at radius 2 is 2.45 bits per heavy atom. The monoisotopic (exact) mass is 152 g/mol. The Morgan fingerprint density at radius 3 is 3.09 bits per heavy atom. The topological polar surface area (TPSA) is 17.1 Å². The van der Waals surface area contributed by atoms with Gasteiger partial charge < -0.3 is 4.79 Å². The number of carbonyl (C=O) groups is 1. The molecule has 0 aromatic carbocycles. The van der Waals surface area contributed by atoms with E-state index in [4.69, 9.17) is 0 Å². The Bertz CT molecular complexity index is 149. The first kappa shape index (κ1) is 8.51. The predicted molar refractivity (Wildman–Crippen MR) is 46.3 cm³/mol. The molecule has 0 heterocycles. The summed E-state index contributed by atoms with van der Waals surface area (Å²) >= 11 is 0. The van der Waals surface area contributed by atoms with E-state index in [1.807, 2.05) is 0 Å². The summed E-state index contributed by atoms with van der Waals surface area (Å²) in [5.74, 6) is 1.49. The van der Waals surface area contributed by atoms with Crippen LogP contribution in [-0.4, -0.2) is 6.29 Å². The van der Waals surface area contributed by atoms with Crippen molar-refractivity contribution >= 4 is 6.29 Å². The second-order valence-corrected chi connectivity index (χ2v) is 3.51. The van der Waals surface area contributed by atoms with E-state index in [0.717, 1.165) is 25.0 Å². The maximum absolute atomic E-state index is 10.1. The molecule has 0 saturated carbocycles. The number of allylic oxidation sites excluding steroid dienone is 2. The van der Waals surface area contributed by atoms with Crippen LogP contribution in [0, 0.1) is 11.8 Å². The van der Waals surface area contributed by atoms with Gasteiger partial charge in [0.05, 0.1) is 0 Å². The van der Waals surface area contributed by atoms with Crippen LogP contribution < -0.4 is 0 Å². The molecule has 0 aromatic heterocycles. The molecule has 0 saturated heterocycles. The molecule has 0 fully saturated rings. The molecule has 0 unspecified atom stereocenters. The fourth-order valence-electron chi connectivity index (χ4n) is 1.69. The quantitative estimate of drug-likeness (QED) is 0.448. The first-order chi connectivity index (χ1) is 5.33. The average molecular weight is 152 g/mol. The Labute approximate surface area is 68.5 Å². The van der Waals surface area contributed by atoms with E-state index in [2.05, 4.69) is 19.1 Å². The van der Waals surface area contributed by atoms with Gasteiger partial charge in [0.1, 0.15) is 6.29 Å². The molecule has 1 heteroatoms. The van der Waals surface area contributed by atoms with E-state index < -0.39 is 0 Å². The smallest absolute Gasteiger partial charge is 0.120 e. The highest BCUT2D eigenvalue weighted by Crippen LogP contribution is 2.25. The molecule has 1 aliphatic rings. The third-order valence-corrected chi connectivity index (χ3v) is 2.31. The van der Waals surface area contributed by atoms with Crippen molar-refractivity contribution in [3.05, 3.63) is 12.2 Å². The van der Waals surface area contributed by atoms with Crippen molar-refractivity contribution in [3.8, 4) is 0 Å². The third kappa shape index (κ3) is 2.87. The molecular weight excluding hydrogens is 136 g/mol. The fraction of sp³-hybridized carbons (Fsp3) is 0.700. The maximum atomic E-state index is 10.1. The summed E-state index contributed by atoms with van der Waals surface area (Å²) in [5.41, 5.74) is 0. The van der Waals surface area contributed by atoms with Gasteiger partial charge in [0.25, 0.3) is 0 Å². The lowest BCUT2D eigenvalue weighted by molar-refractivity contribution is -0.108. The first-order valence-corrected chi connectivity index (χ1v) is 4.43. The Morgan fingerprint density at radius 1 is 1.64 bits per heavy atom. The van der Waals surface area contributed by atoms with Crippen LogP contribution in [0.5, 0.6) is 0 Å². The number of carbonyl (C=O) groups excluding carboxylic acids is 1. The van der Waals surface area contributed by atoms with Gasteiger partial charge in [-0.3, -0.25) is 0 Å². The molecule has 0 aromatic rings. The highest BCUT2D eigenvalue weighted by atomic mass is 16.1. The van der Waals surface area contributed by atoms with Crippen LogP contribution in [-0.2, 0) is 4.79 Å². The second kappa shape index (κ2) is 4.32. The Balaban J connectivity index is 2.28. The minimum Gasteiger partial charge on any atom is -0.303 e. The van der Waals surface area contributed by atoms with E-state index in [1.165, 1.54) is 12.8 Å².